The van der Waals surface area contributed by atoms with Crippen molar-refractivity contribution in [3.05, 3.63) is 76.8 Å². The molecule has 2 aromatic carbocycles. The van der Waals surface area contributed by atoms with E-state index in [1.807, 2.05) is 48.5 Å². The third kappa shape index (κ3) is 6.39. The molecule has 3 aromatic rings. The fraction of sp³-hybridized carbons (Fsp3) is 0.286. The zero-order valence-electron chi connectivity index (χ0n) is 17.3. The van der Waals surface area contributed by atoms with E-state index >= 15 is 0 Å². The molecule has 0 bridgehead atoms. The van der Waals surface area contributed by atoms with Crippen LogP contribution in [0.3, 0.4) is 0 Å². The van der Waals surface area contributed by atoms with Crippen LogP contribution in [-0.2, 0) is 23.1 Å². The molecule has 32 heavy (non-hydrogen) atoms. The number of nitrogens with one attached hydrogen (secondary N) is 1. The van der Waals surface area contributed by atoms with E-state index in [1.165, 1.54) is 10.6 Å². The van der Waals surface area contributed by atoms with Crippen LogP contribution >= 0.6 is 40.7 Å². The minimum Gasteiger partial charge on any atom is -0.492 e. The van der Waals surface area contributed by atoms with Crippen molar-refractivity contribution in [2.24, 2.45) is 0 Å². The summed E-state index contributed by atoms with van der Waals surface area (Å²) in [4.78, 5) is 9.43. The van der Waals surface area contributed by atoms with Gasteiger partial charge in [0.15, 0.2) is 0 Å². The monoisotopic (exact) mass is 562 g/mol. The van der Waals surface area contributed by atoms with Gasteiger partial charge in [-0.25, -0.2) is 13.4 Å². The summed E-state index contributed by atoms with van der Waals surface area (Å²) < 4.78 is 33.8. The van der Waals surface area contributed by atoms with Gasteiger partial charge in [0.1, 0.15) is 12.4 Å². The van der Waals surface area contributed by atoms with Crippen molar-refractivity contribution in [1.29, 1.82) is 0 Å². The number of nitrogens with zero attached hydrogens (tertiary/aromatic N) is 3. The summed E-state index contributed by atoms with van der Waals surface area (Å²) >= 11 is 3.52. The quantitative estimate of drug-likeness (QED) is 0.485. The molecule has 0 aliphatic carbocycles. The van der Waals surface area contributed by atoms with Crippen LogP contribution in [0.4, 0.5) is 5.69 Å². The van der Waals surface area contributed by atoms with Crippen molar-refractivity contribution in [3.63, 3.8) is 0 Å². The molecule has 1 aliphatic heterocycles. The normalized spacial score (nSPS) is 16.3. The fourth-order valence-electron chi connectivity index (χ4n) is 3.69. The van der Waals surface area contributed by atoms with Crippen molar-refractivity contribution in [3.8, 4) is 5.75 Å². The third-order valence-electron chi connectivity index (χ3n) is 5.07. The molecule has 2 heterocycles. The topological polar surface area (TPSA) is 78.5 Å². The molecule has 1 unspecified atom stereocenters. The first-order chi connectivity index (χ1) is 14.4. The molecule has 1 N–H and O–H groups in total. The van der Waals surface area contributed by atoms with E-state index in [0.29, 0.717) is 13.1 Å². The van der Waals surface area contributed by atoms with Gasteiger partial charge in [0.25, 0.3) is 0 Å². The molecule has 1 atom stereocenters. The Morgan fingerprint density at radius 3 is 2.59 bits per heavy atom. The maximum atomic E-state index is 12.7. The first-order valence-corrected chi connectivity index (χ1v) is 12.2. The Morgan fingerprint density at radius 2 is 1.94 bits per heavy atom. The van der Waals surface area contributed by atoms with Crippen LogP contribution in [0, 0.1) is 0 Å². The van der Waals surface area contributed by atoms with Gasteiger partial charge in [-0.2, -0.15) is 4.31 Å². The molecule has 0 amide bonds. The SMILES string of the molecule is CS(=O)(=O)N1Cc2cc(Br)ccc2N(Cc2cnc[nH]2)CC1COc1ccccc1.Cl.Cl. The van der Waals surface area contributed by atoms with E-state index in [9.17, 15) is 8.42 Å². The second kappa shape index (κ2) is 11.4. The number of imidazole rings is 1. The molecular weight excluding hydrogens is 539 g/mol. The van der Waals surface area contributed by atoms with Gasteiger partial charge in [0.2, 0.25) is 10.0 Å². The van der Waals surface area contributed by atoms with Crippen LogP contribution < -0.4 is 9.64 Å². The number of H-pyrrole nitrogens is 1. The molecule has 0 spiro atoms. The van der Waals surface area contributed by atoms with E-state index < -0.39 is 10.0 Å². The van der Waals surface area contributed by atoms with Gasteiger partial charge in [-0.1, -0.05) is 34.1 Å². The summed E-state index contributed by atoms with van der Waals surface area (Å²) in [6, 6.07) is 15.1. The molecule has 1 aromatic heterocycles. The predicted octanol–water partition coefficient (Wildman–Crippen LogP) is 4.25. The molecule has 7 nitrogen and oxygen atoms in total. The fourth-order valence-corrected chi connectivity index (χ4v) is 5.14. The zero-order chi connectivity index (χ0) is 21.1. The lowest BCUT2D eigenvalue weighted by molar-refractivity contribution is 0.205. The summed E-state index contributed by atoms with van der Waals surface area (Å²) in [7, 11) is -3.45. The standard InChI is InChI=1S/C21H23BrN4O3S.2ClH/c1-30(27,28)26-11-16-9-17(22)7-8-21(16)25(12-18-10-23-15-24-18)13-19(26)14-29-20-5-3-2-4-6-20;;/h2-10,15,19H,11-14H2,1H3,(H,23,24);2*1H. The van der Waals surface area contributed by atoms with Gasteiger partial charge < -0.3 is 14.6 Å². The maximum Gasteiger partial charge on any atom is 0.211 e. The number of hydrogen-bond donors (Lipinski definition) is 1. The summed E-state index contributed by atoms with van der Waals surface area (Å²) in [5, 5.41) is 0. The lowest BCUT2D eigenvalue weighted by Gasteiger charge is -2.31. The van der Waals surface area contributed by atoms with Gasteiger partial charge in [-0.05, 0) is 35.9 Å². The van der Waals surface area contributed by atoms with E-state index in [1.54, 1.807) is 12.5 Å². The number of rotatable bonds is 6. The van der Waals surface area contributed by atoms with Gasteiger partial charge in [0, 0.05) is 29.4 Å². The largest absolute Gasteiger partial charge is 0.492 e. The van der Waals surface area contributed by atoms with Crippen molar-refractivity contribution in [2.45, 2.75) is 19.1 Å². The predicted molar refractivity (Wildman–Crippen MR) is 134 cm³/mol. The average Bonchev–Trinajstić information content (AvgIpc) is 3.16. The summed E-state index contributed by atoms with van der Waals surface area (Å²) in [6.07, 6.45) is 4.69. The van der Waals surface area contributed by atoms with Crippen LogP contribution in [0.2, 0.25) is 0 Å². The number of halogens is 3. The van der Waals surface area contributed by atoms with E-state index in [0.717, 1.165) is 27.2 Å². The number of ether oxygens (including phenoxy) is 1. The van der Waals surface area contributed by atoms with Gasteiger partial charge >= 0.3 is 0 Å². The summed E-state index contributed by atoms with van der Waals surface area (Å²) in [5.41, 5.74) is 2.90. The Balaban J connectivity index is 0.00000181. The van der Waals surface area contributed by atoms with Gasteiger partial charge in [0.05, 0.1) is 30.9 Å². The van der Waals surface area contributed by atoms with Crippen molar-refractivity contribution in [2.75, 3.05) is 24.3 Å². The Bertz CT molecular complexity index is 1100. The number of anilines is 1. The number of fused-ring (bicyclic) bond motifs is 1. The smallest absolute Gasteiger partial charge is 0.211 e. The summed E-state index contributed by atoms with van der Waals surface area (Å²) in [6.45, 7) is 1.63. The molecule has 0 saturated carbocycles. The molecule has 174 valence electrons. The van der Waals surface area contributed by atoms with Gasteiger partial charge in [-0.3, -0.25) is 0 Å². The minimum atomic E-state index is -3.45. The number of aromatic amines is 1. The van der Waals surface area contributed by atoms with E-state index in [4.69, 9.17) is 4.74 Å². The zero-order valence-corrected chi connectivity index (χ0v) is 21.4. The Morgan fingerprint density at radius 1 is 1.19 bits per heavy atom. The van der Waals surface area contributed by atoms with Crippen LogP contribution in [0.5, 0.6) is 5.75 Å². The maximum absolute atomic E-state index is 12.7. The van der Waals surface area contributed by atoms with Crippen molar-refractivity contribution >= 4 is 56.5 Å². The highest BCUT2D eigenvalue weighted by Gasteiger charge is 2.34. The third-order valence-corrected chi connectivity index (χ3v) is 6.85. The highest BCUT2D eigenvalue weighted by molar-refractivity contribution is 9.10. The lowest BCUT2D eigenvalue weighted by Crippen LogP contribution is -2.47. The molecule has 0 fully saturated rings. The Hall–Kier alpha value is -1.78. The van der Waals surface area contributed by atoms with Crippen LogP contribution in [0.25, 0.3) is 0 Å². The highest BCUT2D eigenvalue weighted by Crippen LogP contribution is 2.32. The van der Waals surface area contributed by atoms with E-state index in [-0.39, 0.29) is 44.0 Å². The first-order valence-electron chi connectivity index (χ1n) is 9.55. The van der Waals surface area contributed by atoms with Crippen molar-refractivity contribution < 1.29 is 13.2 Å². The van der Waals surface area contributed by atoms with E-state index in [2.05, 4.69) is 30.8 Å². The first kappa shape index (κ1) is 26.5. The molecular formula is C21H25BrCl2N4O3S. The Labute approximate surface area is 209 Å². The molecule has 1 aliphatic rings. The molecule has 11 heteroatoms. The average molecular weight is 564 g/mol. The summed E-state index contributed by atoms with van der Waals surface area (Å²) in [5.74, 6) is 0.718. The molecule has 0 radical (unpaired) electrons. The van der Waals surface area contributed by atoms with Crippen molar-refractivity contribution in [1.82, 2.24) is 14.3 Å². The second-order valence-corrected chi connectivity index (χ2v) is 10.2. The van der Waals surface area contributed by atoms with Crippen LogP contribution in [0.1, 0.15) is 11.3 Å². The lowest BCUT2D eigenvalue weighted by atomic mass is 10.1. The Kier molecular flexibility index (Phi) is 9.41. The minimum absolute atomic E-state index is 0. The number of benzene rings is 2. The number of sulfonamides is 1. The van der Waals surface area contributed by atoms with Gasteiger partial charge in [-0.15, -0.1) is 24.8 Å². The number of para-hydroxylation sites is 1. The number of aromatic nitrogens is 2. The van der Waals surface area contributed by atoms with Crippen LogP contribution in [-0.4, -0.2) is 48.1 Å². The molecule has 4 rings (SSSR count). The van der Waals surface area contributed by atoms with Crippen LogP contribution in [0.15, 0.2) is 65.5 Å². The molecule has 0 saturated heterocycles. The highest BCUT2D eigenvalue weighted by atomic mass is 79.9. The second-order valence-electron chi connectivity index (χ2n) is 7.32. The number of hydrogen-bond acceptors (Lipinski definition) is 5.